The van der Waals surface area contributed by atoms with E-state index in [0.29, 0.717) is 11.8 Å². The molecule has 38 heavy (non-hydrogen) atoms. The van der Waals surface area contributed by atoms with Gasteiger partial charge in [-0.25, -0.2) is 0 Å². The van der Waals surface area contributed by atoms with Gasteiger partial charge in [-0.2, -0.15) is 0 Å². The Balaban J connectivity index is 0.00000242. The van der Waals surface area contributed by atoms with E-state index >= 15 is 0 Å². The Hall–Kier alpha value is -1.31. The molecule has 2 aliphatic heterocycles. The normalized spacial score (nSPS) is 39.7. The molecule has 206 valence electrons. The van der Waals surface area contributed by atoms with Crippen LogP contribution in [-0.4, -0.2) is 58.7 Å². The molecule has 7 aliphatic rings. The highest BCUT2D eigenvalue weighted by atomic mass is 35.5. The summed E-state index contributed by atoms with van der Waals surface area (Å²) in [5.41, 5.74) is 1.11. The van der Waals surface area contributed by atoms with Crippen LogP contribution in [0.1, 0.15) is 67.9 Å². The molecule has 1 aromatic carbocycles. The lowest BCUT2D eigenvalue weighted by molar-refractivity contribution is -0.302. The first-order valence-corrected chi connectivity index (χ1v) is 15.3. The van der Waals surface area contributed by atoms with Gasteiger partial charge in [0.05, 0.1) is 5.60 Å². The number of fused-ring (bicyclic) bond motifs is 2. The van der Waals surface area contributed by atoms with Gasteiger partial charge in [0, 0.05) is 46.9 Å². The number of halogens is 1. The quantitative estimate of drug-likeness (QED) is 0.472. The number of rotatable bonds is 7. The minimum absolute atomic E-state index is 0. The molecule has 2 spiro atoms. The number of thiophene rings is 1. The largest absolute Gasteiger partial charge is 0.504 e. The number of likely N-dealkylation sites (tertiary alicyclic amines) is 1. The van der Waals surface area contributed by atoms with Crippen molar-refractivity contribution < 1.29 is 19.7 Å². The molecule has 4 bridgehead atoms. The molecule has 3 heterocycles. The summed E-state index contributed by atoms with van der Waals surface area (Å²) in [5.74, 6) is 1.82. The summed E-state index contributed by atoms with van der Waals surface area (Å²) in [6.07, 6.45) is 9.25. The van der Waals surface area contributed by atoms with Crippen LogP contribution in [0.4, 0.5) is 0 Å². The first-order valence-electron chi connectivity index (χ1n) is 14.4. The van der Waals surface area contributed by atoms with Crippen molar-refractivity contribution in [1.82, 2.24) is 4.90 Å². The summed E-state index contributed by atoms with van der Waals surface area (Å²) in [5, 5.41) is 25.4. The molecule has 0 radical (unpaired) electrons. The Labute approximate surface area is 235 Å². The topological polar surface area (TPSA) is 62.2 Å². The molecule has 7 heteroatoms. The maximum atomic E-state index is 12.3. The molecule has 5 fully saturated rings. The molecule has 2 N–H and O–H groups in total. The van der Waals surface area contributed by atoms with Crippen molar-refractivity contribution in [3.8, 4) is 11.5 Å². The summed E-state index contributed by atoms with van der Waals surface area (Å²) in [6, 6.07) is 8.75. The fourth-order valence-corrected chi connectivity index (χ4v) is 10.8. The zero-order valence-electron chi connectivity index (χ0n) is 22.4. The van der Waals surface area contributed by atoms with Gasteiger partial charge in [-0.3, -0.25) is 4.90 Å². The average molecular weight is 558 g/mol. The fourth-order valence-electron chi connectivity index (χ4n) is 10.1. The number of piperidine rings is 1. The van der Waals surface area contributed by atoms with Crippen LogP contribution in [0, 0.1) is 17.3 Å². The number of aromatic hydroxyl groups is 1. The van der Waals surface area contributed by atoms with Crippen LogP contribution in [-0.2, 0) is 23.0 Å². The summed E-state index contributed by atoms with van der Waals surface area (Å²) in [4.78, 5) is 4.16. The average Bonchev–Trinajstić information content (AvgIpc) is 3.40. The lowest BCUT2D eigenvalue weighted by atomic mass is 9.33. The van der Waals surface area contributed by atoms with E-state index in [9.17, 15) is 10.2 Å². The zero-order valence-corrected chi connectivity index (χ0v) is 24.1. The second kappa shape index (κ2) is 8.36. The third kappa shape index (κ3) is 3.05. The standard InChI is InChI=1S/C31H39NO4S.ClH/c1-28(34,10-9-21-4-3-15-37-21)23-17-29-11-12-31(23,35-2)27-30(29)13-14-32(18-19-5-6-19)24(29)16-20-7-8-22(33)26(36-27)25(20)30;/h3-4,7-8,15,19,23-24,27,33-34H,5-6,9-14,16-18H2,1-2H3;1H/t23?,24-,27-,28-,29-,30+,31+;/m1./s1. The predicted molar refractivity (Wildman–Crippen MR) is 151 cm³/mol. The Morgan fingerprint density at radius 1 is 1.21 bits per heavy atom. The number of methoxy groups -OCH3 is 1. The number of aliphatic hydroxyl groups is 1. The second-order valence-corrected chi connectivity index (χ2v) is 14.4. The van der Waals surface area contributed by atoms with Crippen LogP contribution in [0.3, 0.4) is 0 Å². The predicted octanol–water partition coefficient (Wildman–Crippen LogP) is 5.48. The van der Waals surface area contributed by atoms with E-state index in [2.05, 4.69) is 35.4 Å². The van der Waals surface area contributed by atoms with E-state index in [4.69, 9.17) is 9.47 Å². The van der Waals surface area contributed by atoms with Crippen LogP contribution in [0.15, 0.2) is 29.6 Å². The molecule has 9 rings (SSSR count). The van der Waals surface area contributed by atoms with Crippen LogP contribution in [0.5, 0.6) is 11.5 Å². The van der Waals surface area contributed by atoms with Crippen molar-refractivity contribution in [3.05, 3.63) is 45.6 Å². The monoisotopic (exact) mass is 557 g/mol. The summed E-state index contributed by atoms with van der Waals surface area (Å²) >= 11 is 1.77. The molecule has 2 aromatic rings. The van der Waals surface area contributed by atoms with E-state index in [1.54, 1.807) is 11.3 Å². The van der Waals surface area contributed by atoms with Crippen LogP contribution < -0.4 is 4.74 Å². The van der Waals surface area contributed by atoms with Crippen molar-refractivity contribution in [3.63, 3.8) is 0 Å². The third-order valence-corrected chi connectivity index (χ3v) is 12.8. The van der Waals surface area contributed by atoms with Crippen molar-refractivity contribution >= 4 is 23.7 Å². The molecule has 0 amide bonds. The molecule has 5 aliphatic carbocycles. The SMILES string of the molecule is CO[C@@]12CC[C@@]3(CC1[C@](C)(O)CCc1cccs1)[C@H]1Cc4ccc(O)c5c4[C@@]3(CCN1CC1CC1)[C@H]2O5.Cl. The molecule has 1 saturated heterocycles. The lowest BCUT2D eigenvalue weighted by Gasteiger charge is -2.75. The zero-order chi connectivity index (χ0) is 25.2. The number of aryl methyl sites for hydroxylation is 1. The van der Waals surface area contributed by atoms with E-state index in [0.717, 1.165) is 57.4 Å². The first kappa shape index (κ1) is 25.6. The number of phenols is 1. The minimum atomic E-state index is -0.870. The van der Waals surface area contributed by atoms with E-state index in [1.807, 2.05) is 13.2 Å². The van der Waals surface area contributed by atoms with Gasteiger partial charge in [0.2, 0.25) is 0 Å². The van der Waals surface area contributed by atoms with Crippen molar-refractivity contribution in [2.75, 3.05) is 20.2 Å². The van der Waals surface area contributed by atoms with Gasteiger partial charge in [0.1, 0.15) is 11.7 Å². The number of hydrogen-bond acceptors (Lipinski definition) is 6. The van der Waals surface area contributed by atoms with E-state index < -0.39 is 11.2 Å². The summed E-state index contributed by atoms with van der Waals surface area (Å²) < 4.78 is 13.5. The molecule has 7 atom stereocenters. The summed E-state index contributed by atoms with van der Waals surface area (Å²) in [6.45, 7) is 4.36. The highest BCUT2D eigenvalue weighted by Gasteiger charge is 2.81. The number of benzene rings is 1. The van der Waals surface area contributed by atoms with Gasteiger partial charge < -0.3 is 19.7 Å². The Bertz CT molecular complexity index is 1250. The second-order valence-electron chi connectivity index (χ2n) is 13.3. The van der Waals surface area contributed by atoms with Crippen LogP contribution in [0.25, 0.3) is 0 Å². The van der Waals surface area contributed by atoms with E-state index in [-0.39, 0.29) is 41.0 Å². The highest BCUT2D eigenvalue weighted by molar-refractivity contribution is 7.09. The third-order valence-electron chi connectivity index (χ3n) is 11.9. The maximum absolute atomic E-state index is 12.3. The Morgan fingerprint density at radius 2 is 2.05 bits per heavy atom. The molecule has 5 nitrogen and oxygen atoms in total. The van der Waals surface area contributed by atoms with Gasteiger partial charge in [0.25, 0.3) is 0 Å². The fraction of sp³-hybridized carbons (Fsp3) is 0.677. The highest BCUT2D eigenvalue weighted by Crippen LogP contribution is 2.77. The van der Waals surface area contributed by atoms with Gasteiger partial charge in [-0.1, -0.05) is 12.1 Å². The number of phenolic OH excluding ortho intramolecular Hbond substituents is 1. The Morgan fingerprint density at radius 3 is 2.79 bits per heavy atom. The molecule has 1 unspecified atom stereocenters. The van der Waals surface area contributed by atoms with Gasteiger partial charge >= 0.3 is 0 Å². The maximum Gasteiger partial charge on any atom is 0.165 e. The summed E-state index contributed by atoms with van der Waals surface area (Å²) in [7, 11) is 1.84. The van der Waals surface area contributed by atoms with Crippen LogP contribution >= 0.6 is 23.7 Å². The van der Waals surface area contributed by atoms with Crippen molar-refractivity contribution in [1.29, 1.82) is 0 Å². The molecule has 4 saturated carbocycles. The van der Waals surface area contributed by atoms with Gasteiger partial charge in [0.15, 0.2) is 11.5 Å². The Kier molecular flexibility index (Phi) is 5.64. The molecule has 1 aromatic heterocycles. The van der Waals surface area contributed by atoms with Gasteiger partial charge in [-0.15, -0.1) is 23.7 Å². The number of ether oxygens (including phenoxy) is 2. The van der Waals surface area contributed by atoms with Crippen molar-refractivity contribution in [2.45, 2.75) is 93.5 Å². The van der Waals surface area contributed by atoms with Crippen LogP contribution in [0.2, 0.25) is 0 Å². The van der Waals surface area contributed by atoms with Gasteiger partial charge in [-0.05, 0) is 100 Å². The molecular weight excluding hydrogens is 518 g/mol. The van der Waals surface area contributed by atoms with E-state index in [1.165, 1.54) is 35.4 Å². The lowest BCUT2D eigenvalue weighted by Crippen LogP contribution is -2.82. The molecular formula is C31H40ClNO4S. The number of nitrogens with zero attached hydrogens (tertiary/aromatic N) is 1. The minimum Gasteiger partial charge on any atom is -0.504 e. The van der Waals surface area contributed by atoms with Crippen molar-refractivity contribution in [2.24, 2.45) is 17.3 Å². The smallest absolute Gasteiger partial charge is 0.165 e. The number of hydrogen-bond donors (Lipinski definition) is 2. The first-order chi connectivity index (χ1) is 17.8.